The predicted octanol–water partition coefficient (Wildman–Crippen LogP) is 0.833. The van der Waals surface area contributed by atoms with Gasteiger partial charge in [0.15, 0.2) is 0 Å². The van der Waals surface area contributed by atoms with E-state index in [4.69, 9.17) is 0 Å². The number of halogens is 1. The van der Waals surface area contributed by atoms with Crippen molar-refractivity contribution >= 4 is 8.26 Å². The van der Waals surface area contributed by atoms with Gasteiger partial charge in [0, 0.05) is 7.05 Å². The van der Waals surface area contributed by atoms with Crippen LogP contribution in [0.15, 0.2) is 0 Å². The van der Waals surface area contributed by atoms with Gasteiger partial charge in [-0.05, 0) is 4.57 Å². The first-order valence-corrected chi connectivity index (χ1v) is 2.23. The van der Waals surface area contributed by atoms with Gasteiger partial charge >= 0.3 is 8.26 Å². The maximum absolute atomic E-state index is 10.8. The Morgan fingerprint density at radius 3 is 2.20 bits per heavy atom. The first-order chi connectivity index (χ1) is 2.27. The van der Waals surface area contributed by atoms with Crippen LogP contribution in [0.4, 0.5) is 4.20 Å². The SMILES string of the molecule is CN[P+](=O)F. The Labute approximate surface area is 30.3 Å². The fourth-order valence-electron chi connectivity index (χ4n) is 0. The molecule has 2 nitrogen and oxygen atoms in total. The van der Waals surface area contributed by atoms with Crippen molar-refractivity contribution in [2.45, 2.75) is 0 Å². The zero-order valence-corrected chi connectivity index (χ0v) is 3.63. The van der Waals surface area contributed by atoms with E-state index in [1.807, 2.05) is 5.09 Å². The normalized spacial score (nSPS) is 11.2. The molecule has 0 aromatic rings. The van der Waals surface area contributed by atoms with E-state index in [-0.39, 0.29) is 0 Å². The lowest BCUT2D eigenvalue weighted by Gasteiger charge is -1.53. The van der Waals surface area contributed by atoms with Crippen molar-refractivity contribution in [3.63, 3.8) is 0 Å². The number of nitrogens with one attached hydrogen (secondary N) is 1. The maximum atomic E-state index is 10.8. The molecule has 1 N–H and O–H groups in total. The Morgan fingerprint density at radius 2 is 2.20 bits per heavy atom. The van der Waals surface area contributed by atoms with E-state index in [1.165, 1.54) is 7.05 Å². The second-order valence-corrected chi connectivity index (χ2v) is 1.41. The molecule has 0 aromatic carbocycles. The third-order valence-corrected chi connectivity index (χ3v) is 0.527. The van der Waals surface area contributed by atoms with E-state index < -0.39 is 8.26 Å². The van der Waals surface area contributed by atoms with E-state index in [0.717, 1.165) is 0 Å². The summed E-state index contributed by atoms with van der Waals surface area (Å²) in [6.07, 6.45) is 0. The van der Waals surface area contributed by atoms with Gasteiger partial charge in [-0.3, -0.25) is 0 Å². The molecular formula is CH4FNOP+. The van der Waals surface area contributed by atoms with Crippen molar-refractivity contribution in [2.24, 2.45) is 0 Å². The van der Waals surface area contributed by atoms with E-state index in [1.54, 1.807) is 0 Å². The van der Waals surface area contributed by atoms with Crippen LogP contribution in [0.1, 0.15) is 0 Å². The Bertz CT molecular complexity index is 46.9. The van der Waals surface area contributed by atoms with Crippen LogP contribution in [0.2, 0.25) is 0 Å². The molecule has 0 aromatic heterocycles. The molecule has 0 aliphatic carbocycles. The molecule has 0 aliphatic rings. The van der Waals surface area contributed by atoms with Crippen LogP contribution in [0, 0.1) is 0 Å². The summed E-state index contributed by atoms with van der Waals surface area (Å²) >= 11 is 0. The molecule has 0 amide bonds. The van der Waals surface area contributed by atoms with Crippen LogP contribution >= 0.6 is 8.26 Å². The average molecular weight is 96.0 g/mol. The standard InChI is InChI=1S/CH4FNOP/c1-3-5(2)4/h1H3,(H,3,4)/q+1. The third kappa shape index (κ3) is 3.99. The fourth-order valence-corrected chi connectivity index (χ4v) is 0. The minimum absolute atomic E-state index is 1.29. The van der Waals surface area contributed by atoms with Gasteiger partial charge in [0.1, 0.15) is 0 Å². The van der Waals surface area contributed by atoms with Gasteiger partial charge in [0.2, 0.25) is 0 Å². The van der Waals surface area contributed by atoms with Crippen molar-refractivity contribution < 1.29 is 8.76 Å². The summed E-state index contributed by atoms with van der Waals surface area (Å²) in [7, 11) is -1.31. The predicted molar refractivity (Wildman–Crippen MR) is 17.8 cm³/mol. The van der Waals surface area contributed by atoms with Gasteiger partial charge in [-0.25, -0.2) is 0 Å². The summed E-state index contributed by atoms with van der Waals surface area (Å²) in [5, 5.41) is 1.87. The highest BCUT2D eigenvalue weighted by Crippen LogP contribution is 2.10. The summed E-state index contributed by atoms with van der Waals surface area (Å²) in [4.78, 5) is 0. The average Bonchev–Trinajstić information content (AvgIpc) is 1.38. The molecule has 0 bridgehead atoms. The van der Waals surface area contributed by atoms with E-state index in [0.29, 0.717) is 0 Å². The summed E-state index contributed by atoms with van der Waals surface area (Å²) in [6, 6.07) is 0. The molecule has 0 rings (SSSR count). The van der Waals surface area contributed by atoms with Crippen LogP contribution in [0.5, 0.6) is 0 Å². The maximum Gasteiger partial charge on any atom is 0.660 e. The van der Waals surface area contributed by atoms with E-state index in [2.05, 4.69) is 0 Å². The Kier molecular flexibility index (Phi) is 2.24. The molecule has 30 valence electrons. The zero-order chi connectivity index (χ0) is 4.28. The second kappa shape index (κ2) is 2.24. The second-order valence-electron chi connectivity index (χ2n) is 0.468. The first-order valence-electron chi connectivity index (χ1n) is 1.08. The van der Waals surface area contributed by atoms with Gasteiger partial charge < -0.3 is 0 Å². The third-order valence-electron chi connectivity index (χ3n) is 0.176. The molecule has 4 heteroatoms. The molecule has 0 fully saturated rings. The minimum Gasteiger partial charge on any atom is -0.0785 e. The number of hydrogen-bond acceptors (Lipinski definition) is 1. The van der Waals surface area contributed by atoms with Crippen molar-refractivity contribution in [1.82, 2.24) is 5.09 Å². The zero-order valence-electron chi connectivity index (χ0n) is 2.73. The molecule has 5 heavy (non-hydrogen) atoms. The quantitative estimate of drug-likeness (QED) is 0.490. The molecule has 0 saturated carbocycles. The van der Waals surface area contributed by atoms with Crippen LogP contribution < -0.4 is 5.09 Å². The van der Waals surface area contributed by atoms with Crippen molar-refractivity contribution in [2.75, 3.05) is 7.05 Å². The summed E-state index contributed by atoms with van der Waals surface area (Å²) in [5.41, 5.74) is 0. The molecule has 0 saturated heterocycles. The molecule has 0 aliphatic heterocycles. The van der Waals surface area contributed by atoms with Crippen molar-refractivity contribution in [3.8, 4) is 0 Å². The summed E-state index contributed by atoms with van der Waals surface area (Å²) in [6.45, 7) is 0. The Morgan fingerprint density at radius 1 is 2.00 bits per heavy atom. The lowest BCUT2D eigenvalue weighted by atomic mass is 11.6. The highest BCUT2D eigenvalue weighted by Gasteiger charge is 2.04. The first kappa shape index (κ1) is 4.99. The van der Waals surface area contributed by atoms with Crippen LogP contribution in [0.3, 0.4) is 0 Å². The van der Waals surface area contributed by atoms with Gasteiger partial charge in [0.25, 0.3) is 0 Å². The van der Waals surface area contributed by atoms with Crippen LogP contribution in [0.25, 0.3) is 0 Å². The minimum atomic E-state index is -2.60. The van der Waals surface area contributed by atoms with E-state index >= 15 is 0 Å². The van der Waals surface area contributed by atoms with Crippen molar-refractivity contribution in [3.05, 3.63) is 0 Å². The van der Waals surface area contributed by atoms with Gasteiger partial charge in [-0.2, -0.15) is 0 Å². The lowest BCUT2D eigenvalue weighted by molar-refractivity contribution is 0.553. The van der Waals surface area contributed by atoms with E-state index in [9.17, 15) is 8.76 Å². The van der Waals surface area contributed by atoms with Gasteiger partial charge in [0.05, 0.1) is 4.20 Å². The monoisotopic (exact) mass is 96.0 g/mol. The number of rotatable bonds is 1. The fraction of sp³-hybridized carbons (Fsp3) is 1.00. The van der Waals surface area contributed by atoms with Crippen LogP contribution in [-0.4, -0.2) is 7.05 Å². The highest BCUT2D eigenvalue weighted by atomic mass is 31.1. The highest BCUT2D eigenvalue weighted by molar-refractivity contribution is 7.36. The largest absolute Gasteiger partial charge is 0.660 e. The Hall–Kier alpha value is -0.0100. The number of hydrogen-bond donors (Lipinski definition) is 1. The van der Waals surface area contributed by atoms with Gasteiger partial charge in [-0.15, -0.1) is 0 Å². The topological polar surface area (TPSA) is 29.1 Å². The lowest BCUT2D eigenvalue weighted by Crippen LogP contribution is -1.83. The summed E-state index contributed by atoms with van der Waals surface area (Å²) in [5.74, 6) is 0. The van der Waals surface area contributed by atoms with Crippen molar-refractivity contribution in [1.29, 1.82) is 0 Å². The molecular weight excluding hydrogens is 92.0 g/mol. The molecule has 0 heterocycles. The van der Waals surface area contributed by atoms with Gasteiger partial charge in [-0.1, -0.05) is 5.09 Å². The van der Waals surface area contributed by atoms with Crippen LogP contribution in [-0.2, 0) is 4.57 Å². The molecule has 0 spiro atoms. The smallest absolute Gasteiger partial charge is 0.0785 e. The molecule has 1 atom stereocenters. The molecule has 1 unspecified atom stereocenters. The molecule has 0 radical (unpaired) electrons. The Balaban J connectivity index is 2.85. The summed E-state index contributed by atoms with van der Waals surface area (Å²) < 4.78 is 20.0.